The van der Waals surface area contributed by atoms with Crippen LogP contribution in [0, 0.1) is 6.92 Å². The lowest BCUT2D eigenvalue weighted by atomic mass is 10.4. The van der Waals surface area contributed by atoms with E-state index < -0.39 is 0 Å². The first-order chi connectivity index (χ1) is 5.68. The van der Waals surface area contributed by atoms with E-state index in [4.69, 9.17) is 0 Å². The highest BCUT2D eigenvalue weighted by Gasteiger charge is 2.21. The summed E-state index contributed by atoms with van der Waals surface area (Å²) in [6.07, 6.45) is 2.23. The fraction of sp³-hybridized carbons (Fsp3) is 0.500. The van der Waals surface area contributed by atoms with Crippen LogP contribution in [0.4, 0.5) is 0 Å². The third-order valence-electron chi connectivity index (χ3n) is 2.50. The van der Waals surface area contributed by atoms with Crippen LogP contribution in [0.5, 0.6) is 0 Å². The molecule has 0 amide bonds. The Kier molecular flexibility index (Phi) is 1.56. The molecular weight excluding hydrogens is 148 g/mol. The second-order valence-corrected chi connectivity index (χ2v) is 3.71. The zero-order chi connectivity index (χ0) is 8.72. The van der Waals surface area contributed by atoms with Crippen molar-refractivity contribution in [1.82, 2.24) is 4.57 Å². The lowest BCUT2D eigenvalue weighted by molar-refractivity contribution is -0.577. The predicted molar refractivity (Wildman–Crippen MR) is 49.7 cm³/mol. The molecule has 0 bridgehead atoms. The van der Waals surface area contributed by atoms with Crippen molar-refractivity contribution >= 4 is 6.21 Å². The molecule has 0 fully saturated rings. The van der Waals surface area contributed by atoms with Gasteiger partial charge in [-0.05, 0) is 32.9 Å². The van der Waals surface area contributed by atoms with Gasteiger partial charge in [0.25, 0.3) is 0 Å². The summed E-state index contributed by atoms with van der Waals surface area (Å²) in [5.41, 5.74) is 2.69. The van der Waals surface area contributed by atoms with Crippen LogP contribution in [0.25, 0.3) is 0 Å². The lowest BCUT2D eigenvalue weighted by Crippen LogP contribution is -2.19. The monoisotopic (exact) mass is 163 g/mol. The van der Waals surface area contributed by atoms with E-state index in [0.717, 1.165) is 6.67 Å². The Hall–Kier alpha value is -1.05. The molecule has 2 heterocycles. The van der Waals surface area contributed by atoms with E-state index in [0.29, 0.717) is 6.04 Å². The minimum absolute atomic E-state index is 0.601. The summed E-state index contributed by atoms with van der Waals surface area (Å²) in [6, 6.07) is 4.95. The zero-order valence-electron chi connectivity index (χ0n) is 7.91. The normalized spacial score (nSPS) is 15.2. The Labute approximate surface area is 73.1 Å². The van der Waals surface area contributed by atoms with Crippen molar-refractivity contribution in [3.05, 3.63) is 23.5 Å². The molecule has 0 atom stereocenters. The van der Waals surface area contributed by atoms with Crippen LogP contribution < -0.4 is 0 Å². The zero-order valence-corrected chi connectivity index (χ0v) is 7.91. The first-order valence-corrected chi connectivity index (χ1v) is 4.45. The van der Waals surface area contributed by atoms with Crippen LogP contribution in [-0.4, -0.2) is 21.4 Å². The second kappa shape index (κ2) is 2.47. The number of fused-ring (bicyclic) bond motifs is 1. The molecule has 0 aromatic carbocycles. The number of nitrogens with zero attached hydrogens (tertiary/aromatic N) is 2. The van der Waals surface area contributed by atoms with Gasteiger partial charge in [0.15, 0.2) is 6.21 Å². The molecular formula is C10H15N2+. The highest BCUT2D eigenvalue weighted by atomic mass is 15.2. The average Bonchev–Trinajstić information content (AvgIpc) is 2.53. The van der Waals surface area contributed by atoms with Crippen molar-refractivity contribution in [2.24, 2.45) is 0 Å². The highest BCUT2D eigenvalue weighted by molar-refractivity contribution is 5.74. The van der Waals surface area contributed by atoms with Gasteiger partial charge in [0, 0.05) is 5.69 Å². The topological polar surface area (TPSA) is 7.94 Å². The van der Waals surface area contributed by atoms with E-state index in [9.17, 15) is 0 Å². The van der Waals surface area contributed by atoms with Gasteiger partial charge in [-0.1, -0.05) is 0 Å². The molecule has 0 saturated carbocycles. The van der Waals surface area contributed by atoms with Crippen LogP contribution >= 0.6 is 0 Å². The van der Waals surface area contributed by atoms with E-state index >= 15 is 0 Å². The Morgan fingerprint density at radius 1 is 1.42 bits per heavy atom. The predicted octanol–water partition coefficient (Wildman–Crippen LogP) is 1.61. The molecule has 2 rings (SSSR count). The fourth-order valence-corrected chi connectivity index (χ4v) is 1.58. The Balaban J connectivity index is 2.35. The molecule has 64 valence electrons. The summed E-state index contributed by atoms with van der Waals surface area (Å²) in [5, 5.41) is 0. The van der Waals surface area contributed by atoms with Gasteiger partial charge < -0.3 is 0 Å². The minimum atomic E-state index is 0.601. The Morgan fingerprint density at radius 2 is 2.17 bits per heavy atom. The van der Waals surface area contributed by atoms with Gasteiger partial charge in [-0.15, -0.1) is 0 Å². The van der Waals surface area contributed by atoms with Crippen LogP contribution in [0.3, 0.4) is 0 Å². The molecule has 0 saturated heterocycles. The molecule has 2 heteroatoms. The first-order valence-electron chi connectivity index (χ1n) is 4.45. The molecule has 0 radical (unpaired) electrons. The number of hydrogen-bond donors (Lipinski definition) is 0. The number of hydrogen-bond acceptors (Lipinski definition) is 0. The maximum Gasteiger partial charge on any atom is 0.223 e. The van der Waals surface area contributed by atoms with Crippen molar-refractivity contribution in [3.8, 4) is 0 Å². The SMILES string of the molecule is Cc1ccc2n1C[N+](C(C)C)=C2. The van der Waals surface area contributed by atoms with E-state index in [1.165, 1.54) is 11.4 Å². The molecule has 0 spiro atoms. The number of aryl methyl sites for hydroxylation is 1. The summed E-state index contributed by atoms with van der Waals surface area (Å²) in [4.78, 5) is 0. The largest absolute Gasteiger partial charge is 0.284 e. The average molecular weight is 163 g/mol. The summed E-state index contributed by atoms with van der Waals surface area (Å²) in [6.45, 7) is 7.61. The third-order valence-corrected chi connectivity index (χ3v) is 2.50. The number of rotatable bonds is 1. The minimum Gasteiger partial charge on any atom is -0.284 e. The number of aromatic nitrogens is 1. The fourth-order valence-electron chi connectivity index (χ4n) is 1.58. The van der Waals surface area contributed by atoms with Gasteiger partial charge in [0.1, 0.15) is 11.7 Å². The highest BCUT2D eigenvalue weighted by Crippen LogP contribution is 2.12. The van der Waals surface area contributed by atoms with Gasteiger partial charge in [-0.25, -0.2) is 4.58 Å². The van der Waals surface area contributed by atoms with Gasteiger partial charge in [0.05, 0.1) is 0 Å². The quantitative estimate of drug-likeness (QED) is 0.556. The molecule has 0 N–H and O–H groups in total. The molecule has 0 aliphatic carbocycles. The van der Waals surface area contributed by atoms with Crippen LogP contribution in [0.2, 0.25) is 0 Å². The van der Waals surface area contributed by atoms with Crippen molar-refractivity contribution in [2.75, 3.05) is 0 Å². The van der Waals surface area contributed by atoms with Crippen molar-refractivity contribution in [2.45, 2.75) is 33.5 Å². The standard InChI is InChI=1S/C10H15N2/c1-8(2)11-6-10-5-4-9(3)12(10)7-11/h4-6,8H,7H2,1-3H3/q+1. The first kappa shape index (κ1) is 7.59. The third kappa shape index (κ3) is 0.986. The Bertz CT molecular complexity index is 332. The van der Waals surface area contributed by atoms with E-state index in [2.05, 4.69) is 48.3 Å². The van der Waals surface area contributed by atoms with E-state index in [1.54, 1.807) is 0 Å². The lowest BCUT2D eigenvalue weighted by Gasteiger charge is -2.03. The molecule has 1 aromatic rings. The van der Waals surface area contributed by atoms with Crippen molar-refractivity contribution in [3.63, 3.8) is 0 Å². The summed E-state index contributed by atoms with van der Waals surface area (Å²) >= 11 is 0. The van der Waals surface area contributed by atoms with E-state index in [-0.39, 0.29) is 0 Å². The summed E-state index contributed by atoms with van der Waals surface area (Å²) < 4.78 is 4.68. The molecule has 12 heavy (non-hydrogen) atoms. The van der Waals surface area contributed by atoms with Crippen molar-refractivity contribution in [1.29, 1.82) is 0 Å². The van der Waals surface area contributed by atoms with Gasteiger partial charge in [0.2, 0.25) is 6.67 Å². The second-order valence-electron chi connectivity index (χ2n) is 3.71. The summed E-state index contributed by atoms with van der Waals surface area (Å²) in [5.74, 6) is 0. The smallest absolute Gasteiger partial charge is 0.223 e. The van der Waals surface area contributed by atoms with Crippen LogP contribution in [0.15, 0.2) is 12.1 Å². The maximum atomic E-state index is 2.35. The Morgan fingerprint density at radius 3 is 2.75 bits per heavy atom. The summed E-state index contributed by atoms with van der Waals surface area (Å²) in [7, 11) is 0. The molecule has 0 unspecified atom stereocenters. The molecule has 1 aromatic heterocycles. The molecule has 1 aliphatic rings. The maximum absolute atomic E-state index is 2.35. The van der Waals surface area contributed by atoms with Gasteiger partial charge in [-0.3, -0.25) is 4.57 Å². The molecule has 2 nitrogen and oxygen atoms in total. The van der Waals surface area contributed by atoms with Crippen LogP contribution in [0.1, 0.15) is 25.2 Å². The molecule has 1 aliphatic heterocycles. The van der Waals surface area contributed by atoms with Gasteiger partial charge in [-0.2, -0.15) is 0 Å². The van der Waals surface area contributed by atoms with E-state index in [1.807, 2.05) is 0 Å². The van der Waals surface area contributed by atoms with Crippen molar-refractivity contribution < 1.29 is 4.58 Å². The van der Waals surface area contributed by atoms with Crippen LogP contribution in [-0.2, 0) is 6.67 Å². The van der Waals surface area contributed by atoms with Gasteiger partial charge >= 0.3 is 0 Å².